The van der Waals surface area contributed by atoms with Crippen LogP contribution in [0.4, 0.5) is 0 Å². The van der Waals surface area contributed by atoms with Gasteiger partial charge in [-0.2, -0.15) is 0 Å². The zero-order valence-electron chi connectivity index (χ0n) is 7.34. The highest BCUT2D eigenvalue weighted by Crippen LogP contribution is 2.26. The van der Waals surface area contributed by atoms with E-state index in [0.29, 0.717) is 0 Å². The number of halogens is 2. The highest BCUT2D eigenvalue weighted by Gasteiger charge is 2.02. The van der Waals surface area contributed by atoms with Crippen LogP contribution < -0.4 is 0 Å². The van der Waals surface area contributed by atoms with Gasteiger partial charge in [-0.15, -0.1) is 11.3 Å². The lowest BCUT2D eigenvalue weighted by atomic mass is 10.1. The standard InChI is InChI=1S/C11H8BrClS/c12-11-6-5-9(14-11)7-8-3-1-2-4-10(8)13/h1-6H,7H2. The minimum absolute atomic E-state index is 0.844. The van der Waals surface area contributed by atoms with Crippen LogP contribution in [0.2, 0.25) is 5.02 Å². The maximum atomic E-state index is 6.07. The maximum absolute atomic E-state index is 6.07. The van der Waals surface area contributed by atoms with E-state index in [1.165, 1.54) is 14.2 Å². The van der Waals surface area contributed by atoms with E-state index in [9.17, 15) is 0 Å². The molecule has 0 unspecified atom stereocenters. The van der Waals surface area contributed by atoms with Gasteiger partial charge < -0.3 is 0 Å². The summed E-state index contributed by atoms with van der Waals surface area (Å²) in [5.41, 5.74) is 1.18. The lowest BCUT2D eigenvalue weighted by molar-refractivity contribution is 1.24. The molecular weight excluding hydrogens is 280 g/mol. The van der Waals surface area contributed by atoms with Gasteiger partial charge in [-0.1, -0.05) is 29.8 Å². The van der Waals surface area contributed by atoms with Gasteiger partial charge in [0.2, 0.25) is 0 Å². The molecule has 14 heavy (non-hydrogen) atoms. The largest absolute Gasteiger partial charge is 0.133 e. The van der Waals surface area contributed by atoms with Gasteiger partial charge in [0, 0.05) is 16.3 Å². The molecule has 0 bridgehead atoms. The second-order valence-corrected chi connectivity index (χ2v) is 5.93. The van der Waals surface area contributed by atoms with Crippen molar-refractivity contribution in [1.82, 2.24) is 0 Å². The number of hydrogen-bond donors (Lipinski definition) is 0. The van der Waals surface area contributed by atoms with Crippen molar-refractivity contribution in [2.45, 2.75) is 6.42 Å². The molecule has 0 radical (unpaired) electrons. The van der Waals surface area contributed by atoms with E-state index < -0.39 is 0 Å². The third kappa shape index (κ3) is 2.38. The summed E-state index contributed by atoms with van der Waals surface area (Å²) in [5, 5.41) is 0.844. The highest BCUT2D eigenvalue weighted by atomic mass is 79.9. The summed E-state index contributed by atoms with van der Waals surface area (Å²) in [6, 6.07) is 12.2. The van der Waals surface area contributed by atoms with Gasteiger partial charge in [-0.05, 0) is 39.7 Å². The monoisotopic (exact) mass is 286 g/mol. The van der Waals surface area contributed by atoms with Crippen LogP contribution in [0.25, 0.3) is 0 Å². The van der Waals surface area contributed by atoms with Gasteiger partial charge in [0.05, 0.1) is 3.79 Å². The Morgan fingerprint density at radius 1 is 1.14 bits per heavy atom. The van der Waals surface area contributed by atoms with Crippen molar-refractivity contribution in [3.05, 3.63) is 55.6 Å². The first-order valence-electron chi connectivity index (χ1n) is 4.23. The lowest BCUT2D eigenvalue weighted by Crippen LogP contribution is -1.84. The Hall–Kier alpha value is -0.310. The molecule has 0 saturated heterocycles. The summed E-state index contributed by atoms with van der Waals surface area (Å²) in [6.45, 7) is 0. The van der Waals surface area contributed by atoms with Gasteiger partial charge in [0.15, 0.2) is 0 Å². The Morgan fingerprint density at radius 3 is 2.57 bits per heavy atom. The van der Waals surface area contributed by atoms with Crippen molar-refractivity contribution in [3.63, 3.8) is 0 Å². The van der Waals surface area contributed by atoms with E-state index in [4.69, 9.17) is 11.6 Å². The van der Waals surface area contributed by atoms with E-state index in [1.54, 1.807) is 11.3 Å². The molecule has 2 rings (SSSR count). The molecule has 0 saturated carbocycles. The number of thiophene rings is 1. The zero-order valence-corrected chi connectivity index (χ0v) is 10.5. The molecule has 0 N–H and O–H groups in total. The summed E-state index contributed by atoms with van der Waals surface area (Å²) in [4.78, 5) is 1.32. The molecule has 3 heteroatoms. The Kier molecular flexibility index (Phi) is 3.26. The van der Waals surface area contributed by atoms with Gasteiger partial charge in [0.1, 0.15) is 0 Å². The molecule has 1 heterocycles. The summed E-state index contributed by atoms with van der Waals surface area (Å²) in [5.74, 6) is 0. The van der Waals surface area contributed by atoms with Crippen LogP contribution in [0.15, 0.2) is 40.2 Å². The average molecular weight is 288 g/mol. The third-order valence-electron chi connectivity index (χ3n) is 1.95. The van der Waals surface area contributed by atoms with Crippen molar-refractivity contribution in [2.24, 2.45) is 0 Å². The van der Waals surface area contributed by atoms with Gasteiger partial charge in [-0.25, -0.2) is 0 Å². The summed E-state index contributed by atoms with van der Waals surface area (Å²) >= 11 is 11.3. The second-order valence-electron chi connectivity index (χ2n) is 2.97. The summed E-state index contributed by atoms with van der Waals surface area (Å²) < 4.78 is 1.17. The molecular formula is C11H8BrClS. The predicted molar refractivity (Wildman–Crippen MR) is 66.3 cm³/mol. The molecule has 0 fully saturated rings. The Balaban J connectivity index is 2.23. The van der Waals surface area contributed by atoms with Crippen LogP contribution in [0.3, 0.4) is 0 Å². The van der Waals surface area contributed by atoms with Crippen molar-refractivity contribution in [3.8, 4) is 0 Å². The molecule has 0 spiro atoms. The van der Waals surface area contributed by atoms with Gasteiger partial charge in [0.25, 0.3) is 0 Å². The average Bonchev–Trinajstić information content (AvgIpc) is 2.56. The van der Waals surface area contributed by atoms with E-state index in [1.807, 2.05) is 18.2 Å². The fraction of sp³-hybridized carbons (Fsp3) is 0.0909. The van der Waals surface area contributed by atoms with Crippen LogP contribution in [-0.2, 0) is 6.42 Å². The quantitative estimate of drug-likeness (QED) is 0.747. The molecule has 1 aromatic heterocycles. The van der Waals surface area contributed by atoms with E-state index >= 15 is 0 Å². The second kappa shape index (κ2) is 4.47. The van der Waals surface area contributed by atoms with Crippen LogP contribution in [0, 0.1) is 0 Å². The summed E-state index contributed by atoms with van der Waals surface area (Å²) in [6.07, 6.45) is 0.913. The maximum Gasteiger partial charge on any atom is 0.0701 e. The molecule has 0 aliphatic heterocycles. The van der Waals surface area contributed by atoms with Crippen LogP contribution in [-0.4, -0.2) is 0 Å². The number of rotatable bonds is 2. The third-order valence-corrected chi connectivity index (χ3v) is 3.94. The molecule has 0 nitrogen and oxygen atoms in total. The van der Waals surface area contributed by atoms with E-state index in [0.717, 1.165) is 11.4 Å². The smallest absolute Gasteiger partial charge is 0.0701 e. The molecule has 1 aromatic carbocycles. The first-order valence-corrected chi connectivity index (χ1v) is 6.22. The van der Waals surface area contributed by atoms with Crippen molar-refractivity contribution in [1.29, 1.82) is 0 Å². The molecule has 0 aliphatic carbocycles. The molecule has 0 atom stereocenters. The van der Waals surface area contributed by atoms with Crippen LogP contribution in [0.1, 0.15) is 10.4 Å². The minimum atomic E-state index is 0.844. The predicted octanol–water partition coefficient (Wildman–Crippen LogP) is 4.75. The molecule has 0 amide bonds. The Labute approximate surface area is 101 Å². The van der Waals surface area contributed by atoms with Crippen LogP contribution >= 0.6 is 38.9 Å². The van der Waals surface area contributed by atoms with E-state index in [2.05, 4.69) is 34.1 Å². The van der Waals surface area contributed by atoms with Crippen molar-refractivity contribution >= 4 is 38.9 Å². The summed E-state index contributed by atoms with van der Waals surface area (Å²) in [7, 11) is 0. The lowest BCUT2D eigenvalue weighted by Gasteiger charge is -2.00. The fourth-order valence-electron chi connectivity index (χ4n) is 1.28. The molecule has 2 aromatic rings. The first-order chi connectivity index (χ1) is 6.75. The molecule has 0 aliphatic rings. The Morgan fingerprint density at radius 2 is 1.93 bits per heavy atom. The zero-order chi connectivity index (χ0) is 9.97. The first kappa shape index (κ1) is 10.2. The minimum Gasteiger partial charge on any atom is -0.133 e. The fourth-order valence-corrected chi connectivity index (χ4v) is 2.98. The van der Waals surface area contributed by atoms with Gasteiger partial charge in [-0.3, -0.25) is 0 Å². The highest BCUT2D eigenvalue weighted by molar-refractivity contribution is 9.11. The number of benzene rings is 1. The normalized spacial score (nSPS) is 10.4. The van der Waals surface area contributed by atoms with Gasteiger partial charge >= 0.3 is 0 Å². The Bertz CT molecular complexity index is 436. The topological polar surface area (TPSA) is 0 Å². The molecule has 72 valence electrons. The SMILES string of the molecule is Clc1ccccc1Cc1ccc(Br)s1. The van der Waals surface area contributed by atoms with Crippen molar-refractivity contribution in [2.75, 3.05) is 0 Å². The van der Waals surface area contributed by atoms with Crippen LogP contribution in [0.5, 0.6) is 0 Å². The number of hydrogen-bond acceptors (Lipinski definition) is 1. The van der Waals surface area contributed by atoms with E-state index in [-0.39, 0.29) is 0 Å². The van der Waals surface area contributed by atoms with Crippen molar-refractivity contribution < 1.29 is 0 Å².